The largest absolute Gasteiger partial charge is 0.378 e. The van der Waals surface area contributed by atoms with Crippen molar-refractivity contribution in [1.82, 2.24) is 14.5 Å². The lowest BCUT2D eigenvalue weighted by Gasteiger charge is -2.30. The minimum atomic E-state index is -0.0726. The van der Waals surface area contributed by atoms with E-state index in [9.17, 15) is 4.79 Å². The van der Waals surface area contributed by atoms with Gasteiger partial charge in [-0.25, -0.2) is 4.98 Å². The zero-order valence-corrected chi connectivity index (χ0v) is 19.6. The van der Waals surface area contributed by atoms with Crippen molar-refractivity contribution in [2.45, 2.75) is 26.3 Å². The number of morpholine rings is 1. The standard InChI is InChI=1S/C26H33N5O2/c1-19(32)27-22-5-3-4-21(16-22)24-17-25-23(26(28-24)30-12-14-33-15-13-30)8-11-31(25)18-20-6-9-29(2)10-7-20/h3-5,8,11,16-17,20H,6-7,9-10,12-15,18H2,1-2H3,(H,27,32). The summed E-state index contributed by atoms with van der Waals surface area (Å²) >= 11 is 0. The number of benzene rings is 1. The Hall–Kier alpha value is -2.90. The molecule has 0 saturated carbocycles. The number of anilines is 2. The second kappa shape index (κ2) is 9.53. The summed E-state index contributed by atoms with van der Waals surface area (Å²) in [7, 11) is 2.21. The fourth-order valence-electron chi connectivity index (χ4n) is 4.98. The first-order valence-corrected chi connectivity index (χ1v) is 12.0. The number of piperidine rings is 1. The highest BCUT2D eigenvalue weighted by atomic mass is 16.5. The van der Waals surface area contributed by atoms with E-state index in [0.717, 1.165) is 55.6 Å². The van der Waals surface area contributed by atoms with Crippen LogP contribution in [0.4, 0.5) is 11.5 Å². The van der Waals surface area contributed by atoms with Crippen molar-refractivity contribution in [2.75, 3.05) is 56.7 Å². The molecule has 2 fully saturated rings. The van der Waals surface area contributed by atoms with Crippen LogP contribution in [0.5, 0.6) is 0 Å². The van der Waals surface area contributed by atoms with E-state index in [0.29, 0.717) is 5.92 Å². The minimum Gasteiger partial charge on any atom is -0.378 e. The molecule has 1 amide bonds. The number of fused-ring (bicyclic) bond motifs is 1. The Morgan fingerprint density at radius 2 is 1.91 bits per heavy atom. The molecule has 3 aromatic rings. The molecular formula is C26H33N5O2. The topological polar surface area (TPSA) is 62.6 Å². The number of pyridine rings is 1. The van der Waals surface area contributed by atoms with Crippen LogP contribution in [0.3, 0.4) is 0 Å². The number of carbonyl (C=O) groups excluding carboxylic acids is 1. The predicted molar refractivity (Wildman–Crippen MR) is 133 cm³/mol. The smallest absolute Gasteiger partial charge is 0.221 e. The van der Waals surface area contributed by atoms with Crippen molar-refractivity contribution < 1.29 is 9.53 Å². The van der Waals surface area contributed by atoms with Gasteiger partial charge in [0.15, 0.2) is 0 Å². The molecule has 5 rings (SSSR count). The summed E-state index contributed by atoms with van der Waals surface area (Å²) < 4.78 is 8.01. The van der Waals surface area contributed by atoms with Crippen LogP contribution >= 0.6 is 0 Å². The number of ether oxygens (including phenoxy) is 1. The van der Waals surface area contributed by atoms with Crippen LogP contribution in [0, 0.1) is 5.92 Å². The van der Waals surface area contributed by atoms with E-state index in [4.69, 9.17) is 9.72 Å². The first-order valence-electron chi connectivity index (χ1n) is 12.0. The van der Waals surface area contributed by atoms with Crippen LogP contribution in [0.1, 0.15) is 19.8 Å². The van der Waals surface area contributed by atoms with Crippen molar-refractivity contribution >= 4 is 28.3 Å². The summed E-state index contributed by atoms with van der Waals surface area (Å²) in [6.45, 7) is 8.05. The van der Waals surface area contributed by atoms with Crippen LogP contribution in [0.15, 0.2) is 42.6 Å². The molecule has 33 heavy (non-hydrogen) atoms. The Kier molecular flexibility index (Phi) is 6.33. The van der Waals surface area contributed by atoms with Crippen molar-refractivity contribution in [3.8, 4) is 11.3 Å². The van der Waals surface area contributed by atoms with Crippen molar-refractivity contribution in [1.29, 1.82) is 0 Å². The van der Waals surface area contributed by atoms with E-state index in [2.05, 4.69) is 51.1 Å². The Bertz CT molecular complexity index is 1130. The van der Waals surface area contributed by atoms with Gasteiger partial charge in [0.1, 0.15) is 5.82 Å². The van der Waals surface area contributed by atoms with E-state index in [1.807, 2.05) is 18.2 Å². The minimum absolute atomic E-state index is 0.0726. The second-order valence-corrected chi connectivity index (χ2v) is 9.34. The molecule has 0 bridgehead atoms. The Balaban J connectivity index is 1.55. The summed E-state index contributed by atoms with van der Waals surface area (Å²) in [4.78, 5) is 21.4. The number of hydrogen-bond acceptors (Lipinski definition) is 5. The van der Waals surface area contributed by atoms with Gasteiger partial charge in [0.05, 0.1) is 24.4 Å². The maximum absolute atomic E-state index is 11.6. The molecule has 0 spiro atoms. The Morgan fingerprint density at radius 3 is 2.67 bits per heavy atom. The van der Waals surface area contributed by atoms with Crippen molar-refractivity contribution in [3.05, 3.63) is 42.6 Å². The third-order valence-corrected chi connectivity index (χ3v) is 6.83. The van der Waals surface area contributed by atoms with Crippen LogP contribution in [-0.2, 0) is 16.1 Å². The molecule has 0 atom stereocenters. The molecule has 2 aliphatic heterocycles. The first-order chi connectivity index (χ1) is 16.1. The van der Waals surface area contributed by atoms with Gasteiger partial charge in [-0.3, -0.25) is 4.79 Å². The van der Waals surface area contributed by atoms with Crippen LogP contribution in [0.2, 0.25) is 0 Å². The van der Waals surface area contributed by atoms with Crippen LogP contribution in [-0.4, -0.2) is 66.8 Å². The van der Waals surface area contributed by atoms with Crippen molar-refractivity contribution in [2.24, 2.45) is 5.92 Å². The number of hydrogen-bond donors (Lipinski definition) is 1. The maximum atomic E-state index is 11.6. The molecule has 1 aromatic carbocycles. The third kappa shape index (κ3) is 4.89. The fraction of sp³-hybridized carbons (Fsp3) is 0.462. The quantitative estimate of drug-likeness (QED) is 0.644. The highest BCUT2D eigenvalue weighted by Gasteiger charge is 2.21. The summed E-state index contributed by atoms with van der Waals surface area (Å²) in [6.07, 6.45) is 4.71. The second-order valence-electron chi connectivity index (χ2n) is 9.34. The highest BCUT2D eigenvalue weighted by Crippen LogP contribution is 2.33. The molecule has 4 heterocycles. The van der Waals surface area contributed by atoms with E-state index < -0.39 is 0 Å². The first kappa shape index (κ1) is 21.9. The number of aromatic nitrogens is 2. The Morgan fingerprint density at radius 1 is 1.12 bits per heavy atom. The van der Waals surface area contributed by atoms with Gasteiger partial charge < -0.3 is 24.4 Å². The molecule has 7 nitrogen and oxygen atoms in total. The molecule has 2 aliphatic rings. The average Bonchev–Trinajstić information content (AvgIpc) is 3.23. The van der Waals surface area contributed by atoms with E-state index >= 15 is 0 Å². The molecular weight excluding hydrogens is 414 g/mol. The lowest BCUT2D eigenvalue weighted by Crippen LogP contribution is -2.36. The molecule has 174 valence electrons. The maximum Gasteiger partial charge on any atom is 0.221 e. The number of nitrogens with zero attached hydrogens (tertiary/aromatic N) is 4. The summed E-state index contributed by atoms with van der Waals surface area (Å²) in [5, 5.41) is 4.09. The molecule has 2 saturated heterocycles. The third-order valence-electron chi connectivity index (χ3n) is 6.83. The number of rotatable bonds is 5. The summed E-state index contributed by atoms with van der Waals surface area (Å²) in [6, 6.07) is 12.4. The normalized spacial score (nSPS) is 18.1. The number of carbonyl (C=O) groups is 1. The molecule has 7 heteroatoms. The number of likely N-dealkylation sites (tertiary alicyclic amines) is 1. The SMILES string of the molecule is CC(=O)Nc1cccc(-c2cc3c(ccn3CC3CCN(C)CC3)c(N3CCOCC3)n2)c1. The zero-order valence-electron chi connectivity index (χ0n) is 19.6. The number of amides is 1. The predicted octanol–water partition coefficient (Wildman–Crippen LogP) is 3.84. The molecule has 2 aromatic heterocycles. The summed E-state index contributed by atoms with van der Waals surface area (Å²) in [5.41, 5.74) is 3.95. The molecule has 0 unspecified atom stereocenters. The van der Waals surface area contributed by atoms with Gasteiger partial charge >= 0.3 is 0 Å². The van der Waals surface area contributed by atoms with E-state index in [1.165, 1.54) is 43.8 Å². The lowest BCUT2D eigenvalue weighted by atomic mass is 9.97. The van der Waals surface area contributed by atoms with Gasteiger partial charge in [-0.15, -0.1) is 0 Å². The van der Waals surface area contributed by atoms with Gasteiger partial charge in [-0.2, -0.15) is 0 Å². The molecule has 0 aliphatic carbocycles. The molecule has 1 N–H and O–H groups in total. The van der Waals surface area contributed by atoms with Crippen LogP contribution < -0.4 is 10.2 Å². The average molecular weight is 448 g/mol. The van der Waals surface area contributed by atoms with Gasteiger partial charge in [-0.1, -0.05) is 12.1 Å². The van der Waals surface area contributed by atoms with E-state index in [-0.39, 0.29) is 5.91 Å². The van der Waals surface area contributed by atoms with Gasteiger partial charge in [0.25, 0.3) is 0 Å². The van der Waals surface area contributed by atoms with E-state index in [1.54, 1.807) is 0 Å². The lowest BCUT2D eigenvalue weighted by molar-refractivity contribution is -0.114. The Labute approximate surface area is 195 Å². The van der Waals surface area contributed by atoms with Gasteiger partial charge in [-0.05, 0) is 63.2 Å². The zero-order chi connectivity index (χ0) is 22.8. The fourth-order valence-corrected chi connectivity index (χ4v) is 4.98. The number of nitrogens with one attached hydrogen (secondary N) is 1. The van der Waals surface area contributed by atoms with Crippen LogP contribution in [0.25, 0.3) is 22.2 Å². The van der Waals surface area contributed by atoms with Crippen molar-refractivity contribution in [3.63, 3.8) is 0 Å². The highest BCUT2D eigenvalue weighted by molar-refractivity contribution is 5.94. The van der Waals surface area contributed by atoms with Gasteiger partial charge in [0.2, 0.25) is 5.91 Å². The summed E-state index contributed by atoms with van der Waals surface area (Å²) in [5.74, 6) is 1.65. The van der Waals surface area contributed by atoms with Gasteiger partial charge in [0, 0.05) is 49.4 Å². The molecule has 0 radical (unpaired) electrons. The monoisotopic (exact) mass is 447 g/mol.